The molecule has 2 fully saturated rings. The zero-order valence-corrected chi connectivity index (χ0v) is 13.4. The minimum absolute atomic E-state index is 0.274. The summed E-state index contributed by atoms with van der Waals surface area (Å²) in [6, 6.07) is 0. The average molecular weight is 266 g/mol. The predicted molar refractivity (Wildman–Crippen MR) is 83.5 cm³/mol. The monoisotopic (exact) mass is 266 g/mol. The third-order valence-electron chi connectivity index (χ3n) is 4.85. The van der Waals surface area contributed by atoms with Crippen molar-refractivity contribution in [1.29, 1.82) is 0 Å². The van der Waals surface area contributed by atoms with Gasteiger partial charge in [-0.05, 0) is 71.5 Å². The van der Waals surface area contributed by atoms with Gasteiger partial charge in [0.1, 0.15) is 0 Å². The third-order valence-corrected chi connectivity index (χ3v) is 4.85. The second-order valence-corrected chi connectivity index (χ2v) is 7.88. The van der Waals surface area contributed by atoms with Crippen LogP contribution in [0.1, 0.15) is 65.7 Å². The molecule has 2 rings (SSSR count). The first-order valence-electron chi connectivity index (χ1n) is 8.50. The van der Waals surface area contributed by atoms with Gasteiger partial charge in [0, 0.05) is 12.1 Å². The highest BCUT2D eigenvalue weighted by molar-refractivity contribution is 4.80. The number of hydrogen-bond donors (Lipinski definition) is 1. The van der Waals surface area contributed by atoms with Crippen LogP contribution in [-0.2, 0) is 0 Å². The lowest BCUT2D eigenvalue weighted by atomic mass is 10.0. The summed E-state index contributed by atoms with van der Waals surface area (Å²) >= 11 is 0. The Hall–Kier alpha value is -0.0800. The summed E-state index contributed by atoms with van der Waals surface area (Å²) in [7, 11) is 0. The molecule has 1 aliphatic heterocycles. The molecule has 0 radical (unpaired) electrons. The van der Waals surface area contributed by atoms with E-state index in [1.807, 2.05) is 0 Å². The summed E-state index contributed by atoms with van der Waals surface area (Å²) in [5, 5.41) is 3.66. The Morgan fingerprint density at radius 1 is 1.05 bits per heavy atom. The molecule has 1 saturated carbocycles. The number of nitrogens with one attached hydrogen (secondary N) is 1. The van der Waals surface area contributed by atoms with Crippen LogP contribution in [0.15, 0.2) is 0 Å². The molecule has 1 saturated heterocycles. The number of likely N-dealkylation sites (tertiary alicyclic amines) is 1. The van der Waals surface area contributed by atoms with E-state index in [1.54, 1.807) is 0 Å². The molecule has 19 heavy (non-hydrogen) atoms. The Kier molecular flexibility index (Phi) is 5.70. The molecule has 0 bridgehead atoms. The van der Waals surface area contributed by atoms with Gasteiger partial charge in [-0.15, -0.1) is 0 Å². The van der Waals surface area contributed by atoms with E-state index >= 15 is 0 Å². The van der Waals surface area contributed by atoms with Gasteiger partial charge in [-0.1, -0.05) is 25.7 Å². The Balaban J connectivity index is 1.54. The lowest BCUT2D eigenvalue weighted by Crippen LogP contribution is -2.39. The second kappa shape index (κ2) is 7.08. The molecular weight excluding hydrogens is 232 g/mol. The molecule has 2 aliphatic rings. The second-order valence-electron chi connectivity index (χ2n) is 7.88. The fourth-order valence-electron chi connectivity index (χ4n) is 3.64. The van der Waals surface area contributed by atoms with Crippen LogP contribution in [0.5, 0.6) is 0 Å². The molecule has 0 aromatic carbocycles. The van der Waals surface area contributed by atoms with Crippen molar-refractivity contribution in [1.82, 2.24) is 10.2 Å². The molecule has 2 nitrogen and oxygen atoms in total. The molecule has 1 unspecified atom stereocenters. The van der Waals surface area contributed by atoms with E-state index < -0.39 is 0 Å². The minimum Gasteiger partial charge on any atom is -0.312 e. The van der Waals surface area contributed by atoms with Crippen molar-refractivity contribution in [3.8, 4) is 0 Å². The lowest BCUT2D eigenvalue weighted by Gasteiger charge is -2.23. The van der Waals surface area contributed by atoms with E-state index in [2.05, 4.69) is 31.0 Å². The Morgan fingerprint density at radius 3 is 2.47 bits per heavy atom. The molecule has 112 valence electrons. The van der Waals surface area contributed by atoms with Crippen molar-refractivity contribution in [3.63, 3.8) is 0 Å². The topological polar surface area (TPSA) is 15.3 Å². The summed E-state index contributed by atoms with van der Waals surface area (Å²) in [4.78, 5) is 2.70. The first kappa shape index (κ1) is 15.3. The summed E-state index contributed by atoms with van der Waals surface area (Å²) in [6.45, 7) is 12.0. The Morgan fingerprint density at radius 2 is 1.79 bits per heavy atom. The van der Waals surface area contributed by atoms with Gasteiger partial charge in [0.25, 0.3) is 0 Å². The predicted octanol–water partition coefficient (Wildman–Crippen LogP) is 3.67. The summed E-state index contributed by atoms with van der Waals surface area (Å²) in [5.74, 6) is 1.95. The van der Waals surface area contributed by atoms with Gasteiger partial charge in [0.2, 0.25) is 0 Å². The molecule has 0 amide bonds. The first-order valence-corrected chi connectivity index (χ1v) is 8.50. The van der Waals surface area contributed by atoms with Gasteiger partial charge in [-0.2, -0.15) is 0 Å². The van der Waals surface area contributed by atoms with Crippen molar-refractivity contribution < 1.29 is 0 Å². The first-order chi connectivity index (χ1) is 9.03. The van der Waals surface area contributed by atoms with E-state index in [9.17, 15) is 0 Å². The maximum atomic E-state index is 3.66. The lowest BCUT2D eigenvalue weighted by molar-refractivity contribution is 0.296. The van der Waals surface area contributed by atoms with Gasteiger partial charge in [-0.3, -0.25) is 0 Å². The summed E-state index contributed by atoms with van der Waals surface area (Å²) in [6.07, 6.45) is 10.3. The highest BCUT2D eigenvalue weighted by Crippen LogP contribution is 2.28. The van der Waals surface area contributed by atoms with E-state index in [0.29, 0.717) is 0 Å². The van der Waals surface area contributed by atoms with Crippen LogP contribution in [0.25, 0.3) is 0 Å². The fraction of sp³-hybridized carbons (Fsp3) is 1.00. The molecule has 2 heteroatoms. The fourth-order valence-corrected chi connectivity index (χ4v) is 3.64. The van der Waals surface area contributed by atoms with E-state index in [1.165, 1.54) is 71.1 Å². The zero-order chi connectivity index (χ0) is 13.7. The van der Waals surface area contributed by atoms with Crippen LogP contribution in [0, 0.1) is 11.8 Å². The number of hydrogen-bond acceptors (Lipinski definition) is 2. The van der Waals surface area contributed by atoms with E-state index in [0.717, 1.165) is 11.8 Å². The van der Waals surface area contributed by atoms with Crippen molar-refractivity contribution in [2.45, 2.75) is 71.3 Å². The zero-order valence-electron chi connectivity index (χ0n) is 13.4. The van der Waals surface area contributed by atoms with Crippen LogP contribution in [-0.4, -0.2) is 36.6 Å². The smallest absolute Gasteiger partial charge is 0.00966 e. The molecule has 1 heterocycles. The standard InChI is InChI=1S/C17H34N2/c1-17(2,3)18-13-16-10-12-19(14-16)11-6-9-15-7-4-5-8-15/h15-16,18H,4-14H2,1-3H3. The molecule has 1 aliphatic carbocycles. The Bertz CT molecular complexity index is 250. The van der Waals surface area contributed by atoms with Crippen molar-refractivity contribution in [3.05, 3.63) is 0 Å². The van der Waals surface area contributed by atoms with Crippen molar-refractivity contribution >= 4 is 0 Å². The van der Waals surface area contributed by atoms with Crippen LogP contribution in [0.4, 0.5) is 0 Å². The maximum Gasteiger partial charge on any atom is 0.00966 e. The van der Waals surface area contributed by atoms with Gasteiger partial charge in [0.15, 0.2) is 0 Å². The maximum absolute atomic E-state index is 3.66. The van der Waals surface area contributed by atoms with Crippen LogP contribution >= 0.6 is 0 Å². The summed E-state index contributed by atoms with van der Waals surface area (Å²) in [5.41, 5.74) is 0.274. The van der Waals surface area contributed by atoms with Crippen LogP contribution < -0.4 is 5.32 Å². The van der Waals surface area contributed by atoms with Gasteiger partial charge in [0.05, 0.1) is 0 Å². The largest absolute Gasteiger partial charge is 0.312 e. The molecule has 0 aromatic rings. The highest BCUT2D eigenvalue weighted by Gasteiger charge is 2.23. The molecule has 1 atom stereocenters. The van der Waals surface area contributed by atoms with Crippen LogP contribution in [0.3, 0.4) is 0 Å². The quantitative estimate of drug-likeness (QED) is 0.789. The third kappa shape index (κ3) is 5.83. The molecular formula is C17H34N2. The SMILES string of the molecule is CC(C)(C)NCC1CCN(CCCC2CCCC2)C1. The van der Waals surface area contributed by atoms with Gasteiger partial charge < -0.3 is 10.2 Å². The minimum atomic E-state index is 0.274. The van der Waals surface area contributed by atoms with Crippen LogP contribution in [0.2, 0.25) is 0 Å². The summed E-state index contributed by atoms with van der Waals surface area (Å²) < 4.78 is 0. The molecule has 1 N–H and O–H groups in total. The normalized spacial score (nSPS) is 26.4. The molecule has 0 aromatic heterocycles. The van der Waals surface area contributed by atoms with E-state index in [4.69, 9.17) is 0 Å². The van der Waals surface area contributed by atoms with Crippen molar-refractivity contribution in [2.75, 3.05) is 26.2 Å². The Labute approximate surface area is 120 Å². The van der Waals surface area contributed by atoms with E-state index in [-0.39, 0.29) is 5.54 Å². The van der Waals surface area contributed by atoms with Gasteiger partial charge in [-0.25, -0.2) is 0 Å². The van der Waals surface area contributed by atoms with Gasteiger partial charge >= 0.3 is 0 Å². The number of nitrogens with zero attached hydrogens (tertiary/aromatic N) is 1. The molecule has 0 spiro atoms. The highest BCUT2D eigenvalue weighted by atomic mass is 15.1. The number of rotatable bonds is 6. The average Bonchev–Trinajstić information content (AvgIpc) is 2.97. The van der Waals surface area contributed by atoms with Crippen molar-refractivity contribution in [2.24, 2.45) is 11.8 Å².